The summed E-state index contributed by atoms with van der Waals surface area (Å²) in [5, 5.41) is 8.91. The second-order valence-corrected chi connectivity index (χ2v) is 6.13. The Kier molecular flexibility index (Phi) is 7.95. The van der Waals surface area contributed by atoms with Gasteiger partial charge >= 0.3 is 5.97 Å². The van der Waals surface area contributed by atoms with E-state index in [1.165, 1.54) is 6.07 Å². The fourth-order valence-electron chi connectivity index (χ4n) is 3.28. The van der Waals surface area contributed by atoms with E-state index < -0.39 is 5.97 Å². The smallest absolute Gasteiger partial charge is 0.317 e. The van der Waals surface area contributed by atoms with Crippen LogP contribution in [0.4, 0.5) is 4.39 Å². The number of halogens is 2. The minimum absolute atomic E-state index is 0. The van der Waals surface area contributed by atoms with Crippen LogP contribution in [0.25, 0.3) is 0 Å². The number of aliphatic carboxylic acids is 1. The molecule has 23 heavy (non-hydrogen) atoms. The summed E-state index contributed by atoms with van der Waals surface area (Å²) in [5.74, 6) is -0.942. The van der Waals surface area contributed by atoms with E-state index in [1.807, 2.05) is 31.0 Å². The first kappa shape index (κ1) is 19.9. The molecule has 0 radical (unpaired) electrons. The molecular formula is C17H26ClFN2O2. The second kappa shape index (κ2) is 9.21. The van der Waals surface area contributed by atoms with Crippen LogP contribution in [0.15, 0.2) is 24.3 Å². The lowest BCUT2D eigenvalue weighted by atomic mass is 10.1. The summed E-state index contributed by atoms with van der Waals surface area (Å²) in [6, 6.07) is 7.27. The number of hydrogen-bond donors (Lipinski definition) is 1. The molecule has 6 heteroatoms. The third-order valence-electron chi connectivity index (χ3n) is 4.64. The summed E-state index contributed by atoms with van der Waals surface area (Å²) in [6.07, 6.45) is 2.92. The van der Waals surface area contributed by atoms with Crippen molar-refractivity contribution in [2.75, 3.05) is 26.7 Å². The first-order valence-corrected chi connectivity index (χ1v) is 7.89. The zero-order chi connectivity index (χ0) is 16.1. The van der Waals surface area contributed by atoms with Gasteiger partial charge in [0, 0.05) is 24.2 Å². The Balaban J connectivity index is 0.00000264. The van der Waals surface area contributed by atoms with Crippen molar-refractivity contribution in [2.45, 2.75) is 38.3 Å². The van der Waals surface area contributed by atoms with Crippen LogP contribution in [-0.2, 0) is 4.79 Å². The number of rotatable bonds is 5. The molecule has 0 amide bonds. The summed E-state index contributed by atoms with van der Waals surface area (Å²) in [7, 11) is 1.87. The Morgan fingerprint density at radius 1 is 1.39 bits per heavy atom. The van der Waals surface area contributed by atoms with Crippen molar-refractivity contribution >= 4 is 18.4 Å². The number of likely N-dealkylation sites (N-methyl/N-ethyl adjacent to an activating group) is 1. The third-order valence-corrected chi connectivity index (χ3v) is 4.64. The maximum atomic E-state index is 13.9. The van der Waals surface area contributed by atoms with Crippen LogP contribution in [0, 0.1) is 5.82 Å². The number of likely N-dealkylation sites (tertiary alicyclic amines) is 1. The van der Waals surface area contributed by atoms with E-state index >= 15 is 0 Å². The van der Waals surface area contributed by atoms with Crippen LogP contribution in [-0.4, -0.2) is 53.6 Å². The lowest BCUT2D eigenvalue weighted by molar-refractivity contribution is -0.138. The van der Waals surface area contributed by atoms with Gasteiger partial charge in [-0.2, -0.15) is 0 Å². The summed E-state index contributed by atoms with van der Waals surface area (Å²) in [6.45, 7) is 3.91. The number of nitrogens with zero attached hydrogens (tertiary/aromatic N) is 2. The van der Waals surface area contributed by atoms with Crippen molar-refractivity contribution in [3.63, 3.8) is 0 Å². The van der Waals surface area contributed by atoms with Crippen LogP contribution < -0.4 is 0 Å². The van der Waals surface area contributed by atoms with Gasteiger partial charge < -0.3 is 5.11 Å². The van der Waals surface area contributed by atoms with Crippen LogP contribution in [0.2, 0.25) is 0 Å². The van der Waals surface area contributed by atoms with E-state index in [1.54, 1.807) is 6.07 Å². The number of benzene rings is 1. The van der Waals surface area contributed by atoms with Gasteiger partial charge in [-0.1, -0.05) is 18.2 Å². The van der Waals surface area contributed by atoms with Gasteiger partial charge in [-0.15, -0.1) is 12.4 Å². The van der Waals surface area contributed by atoms with Crippen molar-refractivity contribution in [2.24, 2.45) is 0 Å². The maximum absolute atomic E-state index is 13.9. The van der Waals surface area contributed by atoms with Crippen LogP contribution in [0.1, 0.15) is 37.8 Å². The normalized spacial score (nSPS) is 20.6. The molecule has 1 heterocycles. The van der Waals surface area contributed by atoms with Gasteiger partial charge in [-0.25, -0.2) is 4.39 Å². The summed E-state index contributed by atoms with van der Waals surface area (Å²) < 4.78 is 13.9. The van der Waals surface area contributed by atoms with E-state index in [2.05, 4.69) is 4.90 Å². The number of carboxylic acid groups (broad SMARTS) is 1. The first-order chi connectivity index (χ1) is 10.5. The van der Waals surface area contributed by atoms with Gasteiger partial charge in [-0.3, -0.25) is 14.6 Å². The van der Waals surface area contributed by atoms with Crippen molar-refractivity contribution in [1.82, 2.24) is 9.80 Å². The van der Waals surface area contributed by atoms with Gasteiger partial charge in [-0.05, 0) is 45.8 Å². The molecule has 1 aromatic carbocycles. The number of hydrogen-bond acceptors (Lipinski definition) is 3. The summed E-state index contributed by atoms with van der Waals surface area (Å²) in [5.41, 5.74) is 0.736. The number of carbonyl (C=O) groups is 1. The monoisotopic (exact) mass is 344 g/mol. The third kappa shape index (κ3) is 5.44. The molecule has 0 aromatic heterocycles. The standard InChI is InChI=1S/C17H25FN2O2.ClH/c1-13(15-7-3-4-8-16(15)18)20-10-5-6-14(9-11-20)19(2)12-17(21)22;/h3-4,7-8,13-14H,5-6,9-12H2,1-2H3,(H,21,22);1H. The molecule has 4 nitrogen and oxygen atoms in total. The molecule has 1 aromatic rings. The van der Waals surface area contributed by atoms with Crippen molar-refractivity contribution < 1.29 is 14.3 Å². The Labute approximate surface area is 143 Å². The average Bonchev–Trinajstić information content (AvgIpc) is 2.72. The quantitative estimate of drug-likeness (QED) is 0.891. The topological polar surface area (TPSA) is 43.8 Å². The highest BCUT2D eigenvalue weighted by molar-refractivity contribution is 5.85. The highest BCUT2D eigenvalue weighted by atomic mass is 35.5. The zero-order valence-corrected chi connectivity index (χ0v) is 14.6. The van der Waals surface area contributed by atoms with Gasteiger partial charge in [0.1, 0.15) is 5.82 Å². The second-order valence-electron chi connectivity index (χ2n) is 6.13. The predicted octanol–water partition coefficient (Wildman–Crippen LogP) is 3.18. The van der Waals surface area contributed by atoms with E-state index in [-0.39, 0.29) is 36.9 Å². The molecule has 1 aliphatic rings. The van der Waals surface area contributed by atoms with Crippen molar-refractivity contribution in [1.29, 1.82) is 0 Å². The highest BCUT2D eigenvalue weighted by Gasteiger charge is 2.25. The van der Waals surface area contributed by atoms with Gasteiger partial charge in [0.25, 0.3) is 0 Å². The Bertz CT molecular complexity index is 515. The molecule has 2 rings (SSSR count). The molecule has 0 spiro atoms. The van der Waals surface area contributed by atoms with Gasteiger partial charge in [0.2, 0.25) is 0 Å². The Hall–Kier alpha value is -1.17. The molecule has 1 N–H and O–H groups in total. The summed E-state index contributed by atoms with van der Waals surface area (Å²) >= 11 is 0. The average molecular weight is 345 g/mol. The van der Waals surface area contributed by atoms with Crippen LogP contribution in [0.5, 0.6) is 0 Å². The van der Waals surface area contributed by atoms with E-state index in [9.17, 15) is 9.18 Å². The SMILES string of the molecule is CC(c1ccccc1F)N1CCCC(N(C)CC(=O)O)CC1.Cl. The Morgan fingerprint density at radius 2 is 2.09 bits per heavy atom. The van der Waals surface area contributed by atoms with E-state index in [0.717, 1.165) is 37.9 Å². The summed E-state index contributed by atoms with van der Waals surface area (Å²) in [4.78, 5) is 15.1. The molecule has 0 bridgehead atoms. The molecule has 130 valence electrons. The number of carboxylic acids is 1. The minimum atomic E-state index is -0.789. The molecule has 0 aliphatic carbocycles. The molecule has 2 unspecified atom stereocenters. The molecule has 1 aliphatic heterocycles. The fraction of sp³-hybridized carbons (Fsp3) is 0.588. The maximum Gasteiger partial charge on any atom is 0.317 e. The molecule has 0 saturated carbocycles. The first-order valence-electron chi connectivity index (χ1n) is 7.89. The predicted molar refractivity (Wildman–Crippen MR) is 91.5 cm³/mol. The minimum Gasteiger partial charge on any atom is -0.480 e. The van der Waals surface area contributed by atoms with Crippen LogP contribution >= 0.6 is 12.4 Å². The molecule has 1 fully saturated rings. The van der Waals surface area contributed by atoms with Gasteiger partial charge in [0.15, 0.2) is 0 Å². The van der Waals surface area contributed by atoms with E-state index in [4.69, 9.17) is 5.11 Å². The van der Waals surface area contributed by atoms with Crippen molar-refractivity contribution in [3.05, 3.63) is 35.6 Å². The molecule has 2 atom stereocenters. The van der Waals surface area contributed by atoms with E-state index in [0.29, 0.717) is 0 Å². The highest BCUT2D eigenvalue weighted by Crippen LogP contribution is 2.26. The van der Waals surface area contributed by atoms with Crippen molar-refractivity contribution in [3.8, 4) is 0 Å². The Morgan fingerprint density at radius 3 is 2.74 bits per heavy atom. The largest absolute Gasteiger partial charge is 0.480 e. The van der Waals surface area contributed by atoms with Crippen LogP contribution in [0.3, 0.4) is 0 Å². The molecular weight excluding hydrogens is 319 g/mol. The fourth-order valence-corrected chi connectivity index (χ4v) is 3.28. The lowest BCUT2D eigenvalue weighted by Crippen LogP contribution is -2.37. The van der Waals surface area contributed by atoms with Gasteiger partial charge in [0.05, 0.1) is 6.54 Å². The molecule has 1 saturated heterocycles. The zero-order valence-electron chi connectivity index (χ0n) is 13.7. The lowest BCUT2D eigenvalue weighted by Gasteiger charge is -2.29.